The third-order valence-electron chi connectivity index (χ3n) is 2.81. The van der Waals surface area contributed by atoms with E-state index in [1.165, 1.54) is 12.1 Å². The van der Waals surface area contributed by atoms with Crippen molar-refractivity contribution >= 4 is 17.6 Å². The van der Waals surface area contributed by atoms with E-state index in [4.69, 9.17) is 11.1 Å². The lowest BCUT2D eigenvalue weighted by molar-refractivity contribution is 0.251. The molecule has 0 bridgehead atoms. The van der Waals surface area contributed by atoms with E-state index in [0.717, 1.165) is 11.6 Å². The molecule has 5 nitrogen and oxygen atoms in total. The number of hydrogen-bond acceptors (Lipinski definition) is 2. The van der Waals surface area contributed by atoms with Crippen LogP contribution in [-0.2, 0) is 6.54 Å². The number of urea groups is 1. The summed E-state index contributed by atoms with van der Waals surface area (Å²) in [5.41, 5.74) is 6.55. The summed E-state index contributed by atoms with van der Waals surface area (Å²) in [6.45, 7) is 0.382. The highest BCUT2D eigenvalue weighted by atomic mass is 19.1. The number of carbonyl (C=O) groups excluding carboxylic acids is 1. The van der Waals surface area contributed by atoms with Gasteiger partial charge in [-0.2, -0.15) is 0 Å². The van der Waals surface area contributed by atoms with Gasteiger partial charge in [-0.15, -0.1) is 0 Å². The monoisotopic (exact) mass is 286 g/mol. The molecule has 0 aliphatic rings. The number of nitrogens with one attached hydrogen (secondary N) is 3. The minimum atomic E-state index is -0.599. The summed E-state index contributed by atoms with van der Waals surface area (Å²) in [7, 11) is 0. The molecule has 5 N–H and O–H groups in total. The molecule has 108 valence electrons. The summed E-state index contributed by atoms with van der Waals surface area (Å²) in [6.07, 6.45) is 0. The van der Waals surface area contributed by atoms with Gasteiger partial charge in [-0.3, -0.25) is 5.41 Å². The van der Waals surface area contributed by atoms with Crippen LogP contribution in [0.15, 0.2) is 48.5 Å². The Kier molecular flexibility index (Phi) is 4.50. The van der Waals surface area contributed by atoms with Crippen molar-refractivity contribution in [2.75, 3.05) is 5.32 Å². The first-order valence-corrected chi connectivity index (χ1v) is 6.29. The van der Waals surface area contributed by atoms with Crippen LogP contribution in [0.25, 0.3) is 0 Å². The number of nitrogen functional groups attached to an aromatic ring is 1. The second-order valence-corrected chi connectivity index (χ2v) is 4.40. The molecule has 6 heteroatoms. The summed E-state index contributed by atoms with van der Waals surface area (Å²) in [4.78, 5) is 11.8. The SMILES string of the molecule is N=C(N)c1cc(NC(=O)NCc2ccccc2)ccc1F. The van der Waals surface area contributed by atoms with Crippen molar-refractivity contribution in [1.82, 2.24) is 5.32 Å². The second kappa shape index (κ2) is 6.51. The van der Waals surface area contributed by atoms with Gasteiger partial charge in [0.25, 0.3) is 0 Å². The molecule has 2 aromatic rings. The summed E-state index contributed by atoms with van der Waals surface area (Å²) >= 11 is 0. The van der Waals surface area contributed by atoms with Gasteiger partial charge in [-0.25, -0.2) is 9.18 Å². The van der Waals surface area contributed by atoms with Crippen molar-refractivity contribution in [3.63, 3.8) is 0 Å². The fourth-order valence-corrected chi connectivity index (χ4v) is 1.76. The Balaban J connectivity index is 1.97. The Morgan fingerprint density at radius 3 is 2.57 bits per heavy atom. The van der Waals surface area contributed by atoms with E-state index in [1.807, 2.05) is 30.3 Å². The highest BCUT2D eigenvalue weighted by Gasteiger charge is 2.08. The largest absolute Gasteiger partial charge is 0.384 e. The minimum Gasteiger partial charge on any atom is -0.384 e. The first-order valence-electron chi connectivity index (χ1n) is 6.29. The topological polar surface area (TPSA) is 91.0 Å². The van der Waals surface area contributed by atoms with Crippen LogP contribution in [0, 0.1) is 11.2 Å². The Morgan fingerprint density at radius 1 is 1.19 bits per heavy atom. The molecule has 0 aromatic heterocycles. The summed E-state index contributed by atoms with van der Waals surface area (Å²) in [5, 5.41) is 12.5. The predicted molar refractivity (Wildman–Crippen MR) is 79.7 cm³/mol. The molecular weight excluding hydrogens is 271 g/mol. The second-order valence-electron chi connectivity index (χ2n) is 4.40. The molecule has 0 aliphatic heterocycles. The zero-order valence-corrected chi connectivity index (χ0v) is 11.2. The Morgan fingerprint density at radius 2 is 1.90 bits per heavy atom. The lowest BCUT2D eigenvalue weighted by Crippen LogP contribution is -2.28. The smallest absolute Gasteiger partial charge is 0.319 e. The molecule has 0 heterocycles. The van der Waals surface area contributed by atoms with E-state index in [1.54, 1.807) is 0 Å². The summed E-state index contributed by atoms with van der Waals surface area (Å²) < 4.78 is 13.4. The number of amides is 2. The van der Waals surface area contributed by atoms with Gasteiger partial charge in [0.15, 0.2) is 0 Å². The van der Waals surface area contributed by atoms with Gasteiger partial charge >= 0.3 is 6.03 Å². The van der Waals surface area contributed by atoms with E-state index in [9.17, 15) is 9.18 Å². The van der Waals surface area contributed by atoms with Crippen LogP contribution in [0.3, 0.4) is 0 Å². The van der Waals surface area contributed by atoms with Gasteiger partial charge in [-0.1, -0.05) is 30.3 Å². The van der Waals surface area contributed by atoms with Crippen LogP contribution in [-0.4, -0.2) is 11.9 Å². The quantitative estimate of drug-likeness (QED) is 0.513. The molecule has 0 aliphatic carbocycles. The molecule has 0 saturated heterocycles. The zero-order chi connectivity index (χ0) is 15.2. The Labute approximate surface area is 121 Å². The highest BCUT2D eigenvalue weighted by Crippen LogP contribution is 2.14. The van der Waals surface area contributed by atoms with Gasteiger partial charge in [0.05, 0.1) is 5.56 Å². The van der Waals surface area contributed by atoms with E-state index in [2.05, 4.69) is 10.6 Å². The average molecular weight is 286 g/mol. The van der Waals surface area contributed by atoms with E-state index < -0.39 is 11.8 Å². The molecule has 2 aromatic carbocycles. The van der Waals surface area contributed by atoms with Crippen molar-refractivity contribution < 1.29 is 9.18 Å². The third kappa shape index (κ3) is 4.04. The van der Waals surface area contributed by atoms with Gasteiger partial charge in [0.2, 0.25) is 0 Å². The van der Waals surface area contributed by atoms with Crippen LogP contribution >= 0.6 is 0 Å². The third-order valence-corrected chi connectivity index (χ3v) is 2.81. The van der Waals surface area contributed by atoms with Crippen molar-refractivity contribution in [3.8, 4) is 0 Å². The van der Waals surface area contributed by atoms with E-state index in [0.29, 0.717) is 12.2 Å². The van der Waals surface area contributed by atoms with Crippen molar-refractivity contribution in [1.29, 1.82) is 5.41 Å². The number of hydrogen-bond donors (Lipinski definition) is 4. The number of nitrogens with two attached hydrogens (primary N) is 1. The number of halogens is 1. The number of carbonyl (C=O) groups is 1. The number of amidine groups is 1. The van der Waals surface area contributed by atoms with Crippen LogP contribution < -0.4 is 16.4 Å². The maximum Gasteiger partial charge on any atom is 0.319 e. The maximum atomic E-state index is 13.4. The molecule has 2 rings (SSSR count). The van der Waals surface area contributed by atoms with Crippen LogP contribution in [0.1, 0.15) is 11.1 Å². The first kappa shape index (κ1) is 14.5. The van der Waals surface area contributed by atoms with E-state index >= 15 is 0 Å². The van der Waals surface area contributed by atoms with E-state index in [-0.39, 0.29) is 11.4 Å². The Bertz CT molecular complexity index is 658. The molecular formula is C15H15FN4O. The van der Waals surface area contributed by atoms with Gasteiger partial charge < -0.3 is 16.4 Å². The normalized spacial score (nSPS) is 9.95. The average Bonchev–Trinajstić information content (AvgIpc) is 2.48. The van der Waals surface area contributed by atoms with Gasteiger partial charge in [-0.05, 0) is 23.8 Å². The molecule has 2 amide bonds. The molecule has 21 heavy (non-hydrogen) atoms. The highest BCUT2D eigenvalue weighted by molar-refractivity contribution is 5.97. The predicted octanol–water partition coefficient (Wildman–Crippen LogP) is 2.43. The summed E-state index contributed by atoms with van der Waals surface area (Å²) in [5.74, 6) is -0.987. The molecule has 0 unspecified atom stereocenters. The molecule has 0 atom stereocenters. The lowest BCUT2D eigenvalue weighted by atomic mass is 10.1. The molecule has 0 spiro atoms. The van der Waals surface area contributed by atoms with Gasteiger partial charge in [0, 0.05) is 12.2 Å². The number of benzene rings is 2. The standard InChI is InChI=1S/C15H15FN4O/c16-13-7-6-11(8-12(13)14(17)18)20-15(21)19-9-10-4-2-1-3-5-10/h1-8H,9H2,(H3,17,18)(H2,19,20,21). The van der Waals surface area contributed by atoms with Crippen LogP contribution in [0.2, 0.25) is 0 Å². The lowest BCUT2D eigenvalue weighted by Gasteiger charge is -2.09. The number of rotatable bonds is 4. The minimum absolute atomic E-state index is 0.0455. The van der Waals surface area contributed by atoms with Crippen molar-refractivity contribution in [2.45, 2.75) is 6.54 Å². The Hall–Kier alpha value is -2.89. The fraction of sp³-hybridized carbons (Fsp3) is 0.0667. The molecule has 0 radical (unpaired) electrons. The first-order chi connectivity index (χ1) is 10.1. The van der Waals surface area contributed by atoms with Crippen LogP contribution in [0.4, 0.5) is 14.9 Å². The van der Waals surface area contributed by atoms with Crippen molar-refractivity contribution in [2.24, 2.45) is 5.73 Å². The number of anilines is 1. The maximum absolute atomic E-state index is 13.4. The fourth-order valence-electron chi connectivity index (χ4n) is 1.76. The zero-order valence-electron chi connectivity index (χ0n) is 11.2. The van der Waals surface area contributed by atoms with Crippen LogP contribution in [0.5, 0.6) is 0 Å². The molecule has 0 fully saturated rings. The van der Waals surface area contributed by atoms with Gasteiger partial charge in [0.1, 0.15) is 11.7 Å². The van der Waals surface area contributed by atoms with Crippen molar-refractivity contribution in [3.05, 3.63) is 65.5 Å². The summed E-state index contributed by atoms with van der Waals surface area (Å²) in [6, 6.07) is 12.9. The molecule has 0 saturated carbocycles.